The van der Waals surface area contributed by atoms with Gasteiger partial charge in [-0.3, -0.25) is 4.98 Å². The number of rotatable bonds is 7. The van der Waals surface area contributed by atoms with E-state index in [4.69, 9.17) is 5.73 Å². The number of pyridine rings is 1. The van der Waals surface area contributed by atoms with E-state index in [1.54, 1.807) is 0 Å². The van der Waals surface area contributed by atoms with Crippen molar-refractivity contribution in [3.63, 3.8) is 0 Å². The van der Waals surface area contributed by atoms with E-state index in [1.165, 1.54) is 5.69 Å². The van der Waals surface area contributed by atoms with Gasteiger partial charge in [0, 0.05) is 42.8 Å². The fourth-order valence-corrected chi connectivity index (χ4v) is 2.05. The zero-order valence-electron chi connectivity index (χ0n) is 12.1. The highest BCUT2D eigenvalue weighted by Gasteiger charge is 2.09. The molecular weight excluding hydrogens is 224 g/mol. The first-order chi connectivity index (χ1) is 8.58. The van der Waals surface area contributed by atoms with Crippen LogP contribution in [0.1, 0.15) is 24.6 Å². The van der Waals surface area contributed by atoms with Crippen molar-refractivity contribution in [3.05, 3.63) is 23.5 Å². The SMILES string of the molecule is CCN(CCCN(C)C)c1cc(C)ncc1CN. The van der Waals surface area contributed by atoms with Crippen LogP contribution in [-0.4, -0.2) is 43.6 Å². The Morgan fingerprint density at radius 3 is 2.56 bits per heavy atom. The van der Waals surface area contributed by atoms with E-state index in [2.05, 4.69) is 41.9 Å². The van der Waals surface area contributed by atoms with Crippen molar-refractivity contribution in [1.29, 1.82) is 0 Å². The lowest BCUT2D eigenvalue weighted by atomic mass is 10.1. The van der Waals surface area contributed by atoms with Gasteiger partial charge < -0.3 is 15.5 Å². The van der Waals surface area contributed by atoms with Crippen LogP contribution in [0.5, 0.6) is 0 Å². The highest BCUT2D eigenvalue weighted by molar-refractivity contribution is 5.53. The number of anilines is 1. The molecule has 0 aromatic carbocycles. The fourth-order valence-electron chi connectivity index (χ4n) is 2.05. The van der Waals surface area contributed by atoms with Gasteiger partial charge in [-0.1, -0.05) is 0 Å². The molecule has 0 aliphatic rings. The first-order valence-corrected chi connectivity index (χ1v) is 6.63. The van der Waals surface area contributed by atoms with Gasteiger partial charge in [-0.05, 0) is 47.0 Å². The van der Waals surface area contributed by atoms with Crippen LogP contribution in [0.4, 0.5) is 5.69 Å². The molecule has 0 amide bonds. The molecule has 4 heteroatoms. The topological polar surface area (TPSA) is 45.4 Å². The van der Waals surface area contributed by atoms with E-state index in [9.17, 15) is 0 Å². The quantitative estimate of drug-likeness (QED) is 0.799. The van der Waals surface area contributed by atoms with Crippen LogP contribution in [0.2, 0.25) is 0 Å². The Morgan fingerprint density at radius 2 is 2.00 bits per heavy atom. The number of hydrogen-bond acceptors (Lipinski definition) is 4. The number of nitrogens with two attached hydrogens (primary N) is 1. The molecule has 0 aliphatic heterocycles. The summed E-state index contributed by atoms with van der Waals surface area (Å²) < 4.78 is 0. The van der Waals surface area contributed by atoms with E-state index in [-0.39, 0.29) is 0 Å². The molecule has 0 saturated heterocycles. The molecule has 18 heavy (non-hydrogen) atoms. The van der Waals surface area contributed by atoms with E-state index in [0.29, 0.717) is 6.54 Å². The second-order valence-electron chi connectivity index (χ2n) is 4.90. The fraction of sp³-hybridized carbons (Fsp3) is 0.643. The van der Waals surface area contributed by atoms with Crippen molar-refractivity contribution in [2.24, 2.45) is 5.73 Å². The van der Waals surface area contributed by atoms with Crippen LogP contribution in [0.25, 0.3) is 0 Å². The second-order valence-corrected chi connectivity index (χ2v) is 4.90. The number of hydrogen-bond donors (Lipinski definition) is 1. The van der Waals surface area contributed by atoms with Crippen LogP contribution in [-0.2, 0) is 6.54 Å². The van der Waals surface area contributed by atoms with Crippen LogP contribution in [0.3, 0.4) is 0 Å². The summed E-state index contributed by atoms with van der Waals surface area (Å²) in [4.78, 5) is 8.93. The normalized spacial score (nSPS) is 11.0. The summed E-state index contributed by atoms with van der Waals surface area (Å²) >= 11 is 0. The van der Waals surface area contributed by atoms with Gasteiger partial charge in [0.05, 0.1) is 0 Å². The van der Waals surface area contributed by atoms with Gasteiger partial charge >= 0.3 is 0 Å². The Hall–Kier alpha value is -1.13. The van der Waals surface area contributed by atoms with Crippen LogP contribution < -0.4 is 10.6 Å². The average molecular weight is 250 g/mol. The van der Waals surface area contributed by atoms with Gasteiger partial charge in [0.1, 0.15) is 0 Å². The van der Waals surface area contributed by atoms with Gasteiger partial charge in [0.2, 0.25) is 0 Å². The molecule has 0 atom stereocenters. The van der Waals surface area contributed by atoms with E-state index in [0.717, 1.165) is 37.3 Å². The zero-order valence-corrected chi connectivity index (χ0v) is 12.1. The van der Waals surface area contributed by atoms with Crippen molar-refractivity contribution in [2.45, 2.75) is 26.8 Å². The number of aryl methyl sites for hydroxylation is 1. The Bertz CT molecular complexity index is 363. The highest BCUT2D eigenvalue weighted by atomic mass is 15.1. The lowest BCUT2D eigenvalue weighted by molar-refractivity contribution is 0.400. The number of aromatic nitrogens is 1. The minimum atomic E-state index is 0.548. The molecular formula is C14H26N4. The highest BCUT2D eigenvalue weighted by Crippen LogP contribution is 2.20. The minimum absolute atomic E-state index is 0.548. The minimum Gasteiger partial charge on any atom is -0.371 e. The maximum absolute atomic E-state index is 5.80. The molecule has 1 rings (SSSR count). The zero-order chi connectivity index (χ0) is 13.5. The molecule has 1 aromatic heterocycles. The standard InChI is InChI=1S/C14H26N4/c1-5-18(8-6-7-17(3)4)14-9-12(2)16-11-13(14)10-15/h9,11H,5-8,10,15H2,1-4H3. The van der Waals surface area contributed by atoms with Crippen LogP contribution in [0.15, 0.2) is 12.3 Å². The van der Waals surface area contributed by atoms with Crippen molar-refractivity contribution in [1.82, 2.24) is 9.88 Å². The molecule has 0 fully saturated rings. The third kappa shape index (κ3) is 4.27. The summed E-state index contributed by atoms with van der Waals surface area (Å²) in [6.07, 6.45) is 3.06. The summed E-state index contributed by atoms with van der Waals surface area (Å²) in [5, 5.41) is 0. The molecule has 2 N–H and O–H groups in total. The van der Waals surface area contributed by atoms with E-state index >= 15 is 0 Å². The van der Waals surface area contributed by atoms with Crippen LogP contribution in [0, 0.1) is 6.92 Å². The Labute approximate surface area is 111 Å². The molecule has 0 radical (unpaired) electrons. The van der Waals surface area contributed by atoms with Gasteiger partial charge in [-0.15, -0.1) is 0 Å². The predicted molar refractivity (Wildman–Crippen MR) is 77.9 cm³/mol. The maximum Gasteiger partial charge on any atom is 0.0445 e. The van der Waals surface area contributed by atoms with Crippen LogP contribution >= 0.6 is 0 Å². The first kappa shape index (κ1) is 14.9. The van der Waals surface area contributed by atoms with Gasteiger partial charge in [0.25, 0.3) is 0 Å². The lowest BCUT2D eigenvalue weighted by Gasteiger charge is -2.26. The summed E-state index contributed by atoms with van der Waals surface area (Å²) in [5.74, 6) is 0. The van der Waals surface area contributed by atoms with Crippen molar-refractivity contribution < 1.29 is 0 Å². The second kappa shape index (κ2) is 7.34. The van der Waals surface area contributed by atoms with E-state index in [1.807, 2.05) is 13.1 Å². The van der Waals surface area contributed by atoms with E-state index < -0.39 is 0 Å². The molecule has 0 bridgehead atoms. The molecule has 1 heterocycles. The molecule has 0 unspecified atom stereocenters. The monoisotopic (exact) mass is 250 g/mol. The third-order valence-corrected chi connectivity index (χ3v) is 3.07. The Kier molecular flexibility index (Phi) is 6.09. The van der Waals surface area contributed by atoms with Crippen molar-refractivity contribution in [2.75, 3.05) is 38.6 Å². The smallest absolute Gasteiger partial charge is 0.0445 e. The summed E-state index contributed by atoms with van der Waals surface area (Å²) in [6.45, 7) is 7.93. The summed E-state index contributed by atoms with van der Waals surface area (Å²) in [5.41, 5.74) is 9.22. The van der Waals surface area contributed by atoms with Crippen molar-refractivity contribution in [3.8, 4) is 0 Å². The Morgan fingerprint density at radius 1 is 1.28 bits per heavy atom. The molecule has 0 saturated carbocycles. The van der Waals surface area contributed by atoms with Gasteiger partial charge in [-0.25, -0.2) is 0 Å². The predicted octanol–water partition coefficient (Wildman–Crippen LogP) is 1.63. The third-order valence-electron chi connectivity index (χ3n) is 3.07. The van der Waals surface area contributed by atoms with Gasteiger partial charge in [-0.2, -0.15) is 0 Å². The van der Waals surface area contributed by atoms with Crippen molar-refractivity contribution >= 4 is 5.69 Å². The number of nitrogens with zero attached hydrogens (tertiary/aromatic N) is 3. The summed E-state index contributed by atoms with van der Waals surface area (Å²) in [7, 11) is 4.22. The largest absolute Gasteiger partial charge is 0.371 e. The van der Waals surface area contributed by atoms with Gasteiger partial charge in [0.15, 0.2) is 0 Å². The maximum atomic E-state index is 5.80. The molecule has 0 aliphatic carbocycles. The molecule has 102 valence electrons. The molecule has 1 aromatic rings. The Balaban J connectivity index is 2.77. The first-order valence-electron chi connectivity index (χ1n) is 6.63. The summed E-state index contributed by atoms with van der Waals surface area (Å²) in [6, 6.07) is 2.14. The average Bonchev–Trinajstić information content (AvgIpc) is 2.34. The molecule has 0 spiro atoms. The molecule has 4 nitrogen and oxygen atoms in total. The lowest BCUT2D eigenvalue weighted by Crippen LogP contribution is -2.28.